The molecule has 11 heteroatoms. The van der Waals surface area contributed by atoms with Crippen LogP contribution in [0.3, 0.4) is 0 Å². The zero-order valence-electron chi connectivity index (χ0n) is 10.6. The number of ether oxygens (including phenoxy) is 1. The Hall–Kier alpha value is -1.85. The minimum atomic E-state index is -4.14. The molecule has 0 aromatic heterocycles. The van der Waals surface area contributed by atoms with E-state index >= 15 is 0 Å². The summed E-state index contributed by atoms with van der Waals surface area (Å²) >= 11 is 0. The highest BCUT2D eigenvalue weighted by molar-refractivity contribution is 7.91. The number of nitrogens with zero attached hydrogens (tertiary/aromatic N) is 1. The van der Waals surface area contributed by atoms with Gasteiger partial charge in [-0.3, -0.25) is 4.31 Å². The maximum Gasteiger partial charge on any atom is 0.422 e. The van der Waals surface area contributed by atoms with Crippen molar-refractivity contribution in [3.05, 3.63) is 24.3 Å². The molecular formula is C9H13N3O6S2. The second kappa shape index (κ2) is 5.64. The fraction of sp³-hybridized carbons (Fsp3) is 0.222. The molecule has 1 aromatic rings. The number of amides is 1. The van der Waals surface area contributed by atoms with Gasteiger partial charge in [0.1, 0.15) is 0 Å². The number of benzene rings is 1. The van der Waals surface area contributed by atoms with Gasteiger partial charge in [-0.2, -0.15) is 8.42 Å². The van der Waals surface area contributed by atoms with Gasteiger partial charge < -0.3 is 4.74 Å². The largest absolute Gasteiger partial charge is 0.452 e. The van der Waals surface area contributed by atoms with Crippen LogP contribution in [0.25, 0.3) is 0 Å². The van der Waals surface area contributed by atoms with E-state index in [1.54, 1.807) is 4.72 Å². The summed E-state index contributed by atoms with van der Waals surface area (Å²) in [6, 6.07) is 4.76. The third-order valence-corrected chi connectivity index (χ3v) is 4.57. The van der Waals surface area contributed by atoms with Crippen LogP contribution >= 0.6 is 0 Å². The van der Waals surface area contributed by atoms with E-state index < -0.39 is 26.3 Å². The summed E-state index contributed by atoms with van der Waals surface area (Å²) in [7, 11) is -5.81. The number of primary sulfonamides is 1. The van der Waals surface area contributed by atoms with Gasteiger partial charge in [0.25, 0.3) is 0 Å². The Balaban J connectivity index is 3.04. The van der Waals surface area contributed by atoms with Crippen molar-refractivity contribution in [2.24, 2.45) is 5.14 Å². The summed E-state index contributed by atoms with van der Waals surface area (Å²) in [5.74, 6) is 0. The molecule has 0 saturated heterocycles. The van der Waals surface area contributed by atoms with Crippen LogP contribution in [0.4, 0.5) is 10.5 Å². The lowest BCUT2D eigenvalue weighted by Gasteiger charge is -2.19. The molecule has 0 aliphatic rings. The number of nitrogens with one attached hydrogen (secondary N) is 1. The van der Waals surface area contributed by atoms with Crippen LogP contribution in [0.1, 0.15) is 0 Å². The topological polar surface area (TPSA) is 136 Å². The molecule has 0 unspecified atom stereocenters. The summed E-state index contributed by atoms with van der Waals surface area (Å²) < 4.78 is 52.2. The van der Waals surface area contributed by atoms with Gasteiger partial charge in [0.05, 0.1) is 17.7 Å². The van der Waals surface area contributed by atoms with Crippen LogP contribution in [-0.2, 0) is 25.0 Å². The number of methoxy groups -OCH3 is 1. The van der Waals surface area contributed by atoms with E-state index in [-0.39, 0.29) is 10.6 Å². The van der Waals surface area contributed by atoms with E-state index in [9.17, 15) is 21.6 Å². The molecule has 0 spiro atoms. The third-order valence-electron chi connectivity index (χ3n) is 2.29. The molecule has 0 heterocycles. The Bertz CT molecular complexity index is 696. The summed E-state index contributed by atoms with van der Waals surface area (Å²) in [6.45, 7) is 0. The van der Waals surface area contributed by atoms with Crippen LogP contribution < -0.4 is 14.2 Å². The van der Waals surface area contributed by atoms with Gasteiger partial charge in [-0.05, 0) is 24.3 Å². The average molecular weight is 323 g/mol. The maximum atomic E-state index is 11.8. The summed E-state index contributed by atoms with van der Waals surface area (Å²) in [4.78, 5) is 10.8. The molecule has 112 valence electrons. The van der Waals surface area contributed by atoms with E-state index in [1.165, 1.54) is 19.2 Å². The Morgan fingerprint density at radius 2 is 1.70 bits per heavy atom. The van der Waals surface area contributed by atoms with Gasteiger partial charge in [-0.25, -0.2) is 23.1 Å². The molecule has 0 aliphatic carbocycles. The first-order chi connectivity index (χ1) is 9.08. The van der Waals surface area contributed by atoms with Crippen LogP contribution in [0.15, 0.2) is 29.2 Å². The van der Waals surface area contributed by atoms with Crippen molar-refractivity contribution in [1.82, 2.24) is 4.72 Å². The normalized spacial score (nSPS) is 11.8. The lowest BCUT2D eigenvalue weighted by atomic mass is 10.3. The highest BCUT2D eigenvalue weighted by Crippen LogP contribution is 2.18. The number of hydrogen-bond donors (Lipinski definition) is 2. The standard InChI is InChI=1S/C9H13N3O6S2/c1-12(20(16,17)11-9(13)18-2)7-3-5-8(6-4-7)19(10,14)15/h3-6H,1-2H3,(H,11,13)(H2,10,14,15). The maximum absolute atomic E-state index is 11.8. The number of hydrogen-bond acceptors (Lipinski definition) is 6. The summed E-state index contributed by atoms with van der Waals surface area (Å²) in [5, 5.41) is 4.92. The van der Waals surface area contributed by atoms with Crippen molar-refractivity contribution in [3.63, 3.8) is 0 Å². The highest BCUT2D eigenvalue weighted by Gasteiger charge is 2.21. The van der Waals surface area contributed by atoms with Gasteiger partial charge in [0.15, 0.2) is 0 Å². The van der Waals surface area contributed by atoms with E-state index in [1.807, 2.05) is 0 Å². The number of rotatable bonds is 4. The Labute approximate surface area is 116 Å². The van der Waals surface area contributed by atoms with Gasteiger partial charge >= 0.3 is 16.3 Å². The highest BCUT2D eigenvalue weighted by atomic mass is 32.2. The van der Waals surface area contributed by atoms with Crippen molar-refractivity contribution < 1.29 is 26.4 Å². The molecule has 1 aromatic carbocycles. The minimum Gasteiger partial charge on any atom is -0.452 e. The summed E-state index contributed by atoms with van der Waals surface area (Å²) in [5.41, 5.74) is 0.133. The average Bonchev–Trinajstić information content (AvgIpc) is 2.36. The van der Waals surface area contributed by atoms with E-state index in [4.69, 9.17) is 5.14 Å². The molecular weight excluding hydrogens is 310 g/mol. The number of carbonyl (C=O) groups excluding carboxylic acids is 1. The molecule has 9 nitrogen and oxygen atoms in total. The quantitative estimate of drug-likeness (QED) is 0.757. The first-order valence-electron chi connectivity index (χ1n) is 5.05. The van der Waals surface area contributed by atoms with Crippen molar-refractivity contribution >= 4 is 32.0 Å². The predicted octanol–water partition coefficient (Wildman–Crippen LogP) is -0.629. The lowest BCUT2D eigenvalue weighted by Crippen LogP contribution is -2.41. The fourth-order valence-electron chi connectivity index (χ4n) is 1.20. The van der Waals surface area contributed by atoms with E-state index in [0.717, 1.165) is 23.5 Å². The molecule has 1 amide bonds. The predicted molar refractivity (Wildman–Crippen MR) is 70.7 cm³/mol. The Morgan fingerprint density at radius 1 is 1.20 bits per heavy atom. The second-order valence-electron chi connectivity index (χ2n) is 3.61. The van der Waals surface area contributed by atoms with Crippen LogP contribution in [0.5, 0.6) is 0 Å². The monoisotopic (exact) mass is 323 g/mol. The molecule has 20 heavy (non-hydrogen) atoms. The Kier molecular flexibility index (Phi) is 4.57. The van der Waals surface area contributed by atoms with Gasteiger partial charge in [-0.1, -0.05) is 0 Å². The smallest absolute Gasteiger partial charge is 0.422 e. The van der Waals surface area contributed by atoms with Gasteiger partial charge in [0, 0.05) is 7.05 Å². The zero-order valence-corrected chi connectivity index (χ0v) is 12.2. The van der Waals surface area contributed by atoms with Gasteiger partial charge in [-0.15, -0.1) is 0 Å². The first kappa shape index (κ1) is 16.2. The zero-order chi connectivity index (χ0) is 15.6. The minimum absolute atomic E-state index is 0.133. The number of carbonyl (C=O) groups is 1. The molecule has 0 atom stereocenters. The number of sulfonamides is 1. The number of nitrogens with two attached hydrogens (primary N) is 1. The molecule has 0 aliphatic heterocycles. The fourth-order valence-corrected chi connectivity index (χ4v) is 2.55. The lowest BCUT2D eigenvalue weighted by molar-refractivity contribution is 0.177. The SMILES string of the molecule is COC(=O)NS(=O)(=O)N(C)c1ccc(S(N)(=O)=O)cc1. The van der Waals surface area contributed by atoms with Crippen molar-refractivity contribution in [3.8, 4) is 0 Å². The van der Waals surface area contributed by atoms with Crippen LogP contribution in [0.2, 0.25) is 0 Å². The van der Waals surface area contributed by atoms with Gasteiger partial charge in [0.2, 0.25) is 10.0 Å². The second-order valence-corrected chi connectivity index (χ2v) is 6.87. The van der Waals surface area contributed by atoms with E-state index in [0.29, 0.717) is 0 Å². The molecule has 0 bridgehead atoms. The number of anilines is 1. The van der Waals surface area contributed by atoms with Crippen molar-refractivity contribution in [2.75, 3.05) is 18.5 Å². The molecule has 3 N–H and O–H groups in total. The molecule has 0 fully saturated rings. The Morgan fingerprint density at radius 3 is 2.10 bits per heavy atom. The molecule has 1 rings (SSSR count). The third kappa shape index (κ3) is 3.82. The van der Waals surface area contributed by atoms with Crippen molar-refractivity contribution in [2.45, 2.75) is 4.90 Å². The molecule has 0 radical (unpaired) electrons. The first-order valence-corrected chi connectivity index (χ1v) is 8.04. The van der Waals surface area contributed by atoms with Crippen LogP contribution in [0, 0.1) is 0 Å². The molecule has 0 saturated carbocycles. The van der Waals surface area contributed by atoms with Crippen molar-refractivity contribution in [1.29, 1.82) is 0 Å². The van der Waals surface area contributed by atoms with E-state index in [2.05, 4.69) is 4.74 Å². The van der Waals surface area contributed by atoms with Crippen LogP contribution in [-0.4, -0.2) is 37.1 Å². The summed E-state index contributed by atoms with van der Waals surface area (Å²) in [6.07, 6.45) is -1.14.